The number of aliphatic carboxylic acids is 1. The van der Waals surface area contributed by atoms with Crippen LogP contribution >= 0.6 is 11.6 Å². The van der Waals surface area contributed by atoms with Gasteiger partial charge < -0.3 is 15.2 Å². The molecule has 0 bridgehead atoms. The number of rotatable bonds is 5. The highest BCUT2D eigenvalue weighted by atomic mass is 35.5. The van der Waals surface area contributed by atoms with E-state index >= 15 is 0 Å². The zero-order valence-corrected chi connectivity index (χ0v) is 9.86. The summed E-state index contributed by atoms with van der Waals surface area (Å²) in [5.41, 5.74) is -0.688. The lowest BCUT2D eigenvalue weighted by Gasteiger charge is -2.11. The van der Waals surface area contributed by atoms with Gasteiger partial charge in [-0.2, -0.15) is 15.0 Å². The Balaban J connectivity index is 2.04. The normalized spacial score (nSPS) is 16.4. The standard InChI is InChI=1S/C9H11ClN4O3/c1-17-8-13-6(10)12-7(14-8)11-4-9(2-3-9)5(15)16/h2-4H2,1H3,(H,15,16)(H,11,12,13,14). The molecule has 1 saturated carbocycles. The number of nitrogens with zero attached hydrogens (tertiary/aromatic N) is 3. The monoisotopic (exact) mass is 258 g/mol. The van der Waals surface area contributed by atoms with Crippen molar-refractivity contribution in [2.45, 2.75) is 12.8 Å². The molecule has 1 aliphatic rings. The number of ether oxygens (including phenoxy) is 1. The average molecular weight is 259 g/mol. The Morgan fingerprint density at radius 2 is 2.24 bits per heavy atom. The molecule has 0 spiro atoms. The lowest BCUT2D eigenvalue weighted by molar-refractivity contribution is -0.142. The Labute approximate surface area is 102 Å². The molecule has 0 atom stereocenters. The molecule has 1 aromatic rings. The molecule has 0 aliphatic heterocycles. The van der Waals surface area contributed by atoms with E-state index in [2.05, 4.69) is 20.3 Å². The number of hydrogen-bond donors (Lipinski definition) is 2. The minimum Gasteiger partial charge on any atom is -0.481 e. The van der Waals surface area contributed by atoms with E-state index in [1.165, 1.54) is 7.11 Å². The van der Waals surface area contributed by atoms with Gasteiger partial charge in [-0.1, -0.05) is 0 Å². The molecule has 8 heteroatoms. The van der Waals surface area contributed by atoms with Crippen LogP contribution in [0.15, 0.2) is 0 Å². The Morgan fingerprint density at radius 1 is 1.53 bits per heavy atom. The highest BCUT2D eigenvalue weighted by Gasteiger charge is 2.50. The van der Waals surface area contributed by atoms with Crippen LogP contribution in [0.25, 0.3) is 0 Å². The van der Waals surface area contributed by atoms with E-state index in [4.69, 9.17) is 21.4 Å². The first-order valence-corrected chi connectivity index (χ1v) is 5.36. The second-order valence-corrected chi connectivity index (χ2v) is 4.19. The smallest absolute Gasteiger partial charge is 0.322 e. The van der Waals surface area contributed by atoms with Gasteiger partial charge in [-0.15, -0.1) is 0 Å². The molecular weight excluding hydrogens is 248 g/mol. The lowest BCUT2D eigenvalue weighted by Crippen LogP contribution is -2.25. The number of carbonyl (C=O) groups is 1. The third-order valence-electron chi connectivity index (χ3n) is 2.66. The molecule has 1 heterocycles. The molecule has 0 radical (unpaired) electrons. The molecule has 0 unspecified atom stereocenters. The van der Waals surface area contributed by atoms with E-state index in [9.17, 15) is 4.79 Å². The van der Waals surface area contributed by atoms with Crippen molar-refractivity contribution in [3.05, 3.63) is 5.28 Å². The van der Waals surface area contributed by atoms with Crippen LogP contribution in [0.5, 0.6) is 6.01 Å². The summed E-state index contributed by atoms with van der Waals surface area (Å²) in [5, 5.41) is 11.8. The van der Waals surface area contributed by atoms with Crippen LogP contribution in [0.1, 0.15) is 12.8 Å². The first-order chi connectivity index (χ1) is 8.05. The number of hydrogen-bond acceptors (Lipinski definition) is 6. The number of carboxylic acid groups (broad SMARTS) is 1. The second-order valence-electron chi connectivity index (χ2n) is 3.85. The number of anilines is 1. The average Bonchev–Trinajstić information content (AvgIpc) is 3.06. The maximum Gasteiger partial charge on any atom is 0.322 e. The first kappa shape index (κ1) is 11.8. The van der Waals surface area contributed by atoms with Crippen LogP contribution in [0.3, 0.4) is 0 Å². The largest absolute Gasteiger partial charge is 0.481 e. The van der Waals surface area contributed by atoms with Gasteiger partial charge in [-0.3, -0.25) is 4.79 Å². The molecule has 17 heavy (non-hydrogen) atoms. The van der Waals surface area contributed by atoms with Gasteiger partial charge in [0.25, 0.3) is 0 Å². The lowest BCUT2D eigenvalue weighted by atomic mass is 10.1. The SMILES string of the molecule is COc1nc(Cl)nc(NCC2(C(=O)O)CC2)n1. The van der Waals surface area contributed by atoms with E-state index < -0.39 is 11.4 Å². The Morgan fingerprint density at radius 3 is 2.76 bits per heavy atom. The van der Waals surface area contributed by atoms with Gasteiger partial charge in [0.2, 0.25) is 11.2 Å². The quantitative estimate of drug-likeness (QED) is 0.806. The van der Waals surface area contributed by atoms with E-state index in [1.807, 2.05) is 0 Å². The van der Waals surface area contributed by atoms with Gasteiger partial charge in [0, 0.05) is 6.54 Å². The minimum absolute atomic E-state index is 0.000443. The van der Waals surface area contributed by atoms with Crippen molar-refractivity contribution in [1.82, 2.24) is 15.0 Å². The highest BCUT2D eigenvalue weighted by Crippen LogP contribution is 2.45. The number of carboxylic acids is 1. The topological polar surface area (TPSA) is 97.2 Å². The molecule has 2 rings (SSSR count). The van der Waals surface area contributed by atoms with Gasteiger partial charge in [-0.05, 0) is 24.4 Å². The molecular formula is C9H11ClN4O3. The second kappa shape index (κ2) is 4.33. The van der Waals surface area contributed by atoms with Crippen LogP contribution in [-0.4, -0.2) is 39.7 Å². The van der Waals surface area contributed by atoms with E-state index in [1.54, 1.807) is 0 Å². The van der Waals surface area contributed by atoms with E-state index in [-0.39, 0.29) is 23.8 Å². The van der Waals surface area contributed by atoms with Crippen molar-refractivity contribution in [1.29, 1.82) is 0 Å². The molecule has 1 aliphatic carbocycles. The summed E-state index contributed by atoms with van der Waals surface area (Å²) in [7, 11) is 1.41. The van der Waals surface area contributed by atoms with Crippen molar-refractivity contribution >= 4 is 23.5 Å². The van der Waals surface area contributed by atoms with Crippen LogP contribution in [-0.2, 0) is 4.79 Å². The van der Waals surface area contributed by atoms with Crippen LogP contribution in [0, 0.1) is 5.41 Å². The summed E-state index contributed by atoms with van der Waals surface area (Å²) < 4.78 is 4.83. The van der Waals surface area contributed by atoms with Crippen molar-refractivity contribution in [2.24, 2.45) is 5.41 Å². The Bertz CT molecular complexity index is 450. The predicted octanol–water partition coefficient (Wildman–Crippen LogP) is 0.810. The molecule has 1 aromatic heterocycles. The van der Waals surface area contributed by atoms with Gasteiger partial charge in [0.15, 0.2) is 0 Å². The predicted molar refractivity (Wildman–Crippen MR) is 59.2 cm³/mol. The van der Waals surface area contributed by atoms with Crippen molar-refractivity contribution in [2.75, 3.05) is 19.0 Å². The maximum atomic E-state index is 11.0. The molecule has 1 fully saturated rings. The maximum absolute atomic E-state index is 11.0. The number of methoxy groups -OCH3 is 1. The highest BCUT2D eigenvalue weighted by molar-refractivity contribution is 6.28. The first-order valence-electron chi connectivity index (χ1n) is 4.98. The van der Waals surface area contributed by atoms with Crippen LogP contribution in [0.4, 0.5) is 5.95 Å². The van der Waals surface area contributed by atoms with E-state index in [0.717, 1.165) is 0 Å². The number of aromatic nitrogens is 3. The van der Waals surface area contributed by atoms with Crippen LogP contribution < -0.4 is 10.1 Å². The third kappa shape index (κ3) is 2.55. The number of halogens is 1. The summed E-state index contributed by atoms with van der Waals surface area (Å²) in [5.74, 6) is -0.591. The molecule has 0 aromatic carbocycles. The van der Waals surface area contributed by atoms with Gasteiger partial charge in [-0.25, -0.2) is 0 Å². The third-order valence-corrected chi connectivity index (χ3v) is 2.83. The Hall–Kier alpha value is -1.63. The van der Waals surface area contributed by atoms with Crippen molar-refractivity contribution in [3.63, 3.8) is 0 Å². The summed E-state index contributed by atoms with van der Waals surface area (Å²) in [4.78, 5) is 22.4. The summed E-state index contributed by atoms with van der Waals surface area (Å²) in [6, 6.07) is 0.0904. The van der Waals surface area contributed by atoms with Crippen molar-refractivity contribution in [3.8, 4) is 6.01 Å². The fourth-order valence-corrected chi connectivity index (χ4v) is 1.52. The fourth-order valence-electron chi connectivity index (χ4n) is 1.37. The Kier molecular flexibility index (Phi) is 3.01. The molecule has 92 valence electrons. The zero-order chi connectivity index (χ0) is 12.5. The summed E-state index contributed by atoms with van der Waals surface area (Å²) >= 11 is 5.66. The van der Waals surface area contributed by atoms with Gasteiger partial charge in [0.1, 0.15) is 0 Å². The van der Waals surface area contributed by atoms with Crippen molar-refractivity contribution < 1.29 is 14.6 Å². The zero-order valence-electron chi connectivity index (χ0n) is 9.10. The molecule has 0 saturated heterocycles. The summed E-state index contributed by atoms with van der Waals surface area (Å²) in [6.45, 7) is 0.270. The summed E-state index contributed by atoms with van der Waals surface area (Å²) in [6.07, 6.45) is 1.32. The molecule has 0 amide bonds. The van der Waals surface area contributed by atoms with E-state index in [0.29, 0.717) is 12.8 Å². The molecule has 2 N–H and O–H groups in total. The van der Waals surface area contributed by atoms with Gasteiger partial charge >= 0.3 is 12.0 Å². The molecule has 7 nitrogen and oxygen atoms in total. The number of nitrogens with one attached hydrogen (secondary N) is 1. The minimum atomic E-state index is -0.808. The van der Waals surface area contributed by atoms with Gasteiger partial charge in [0.05, 0.1) is 12.5 Å². The fraction of sp³-hybridized carbons (Fsp3) is 0.556. The van der Waals surface area contributed by atoms with Crippen LogP contribution in [0.2, 0.25) is 5.28 Å².